The summed E-state index contributed by atoms with van der Waals surface area (Å²) in [7, 11) is 1.69. The van der Waals surface area contributed by atoms with Gasteiger partial charge in [-0.15, -0.1) is 0 Å². The second kappa shape index (κ2) is 6.99. The Morgan fingerprint density at radius 2 is 1.76 bits per heavy atom. The Labute approximate surface area is 135 Å². The highest BCUT2D eigenvalue weighted by Crippen LogP contribution is 2.35. The topological polar surface area (TPSA) is 18.5 Å². The van der Waals surface area contributed by atoms with Crippen LogP contribution in [0.2, 0.25) is 0 Å². The molecule has 2 rings (SSSR count). The van der Waals surface area contributed by atoms with Crippen LogP contribution in [0.1, 0.15) is 35.4 Å². The number of methoxy groups -OCH3 is 1. The van der Waals surface area contributed by atoms with E-state index in [0.29, 0.717) is 0 Å². The zero-order chi connectivity index (χ0) is 15.4. The molecule has 0 aliphatic carbocycles. The summed E-state index contributed by atoms with van der Waals surface area (Å²) in [6.07, 6.45) is 0.178. The summed E-state index contributed by atoms with van der Waals surface area (Å²) in [5, 5.41) is 0. The minimum atomic E-state index is 0.138. The maximum atomic E-state index is 5.77. The molecule has 0 radical (unpaired) electrons. The van der Waals surface area contributed by atoms with E-state index in [4.69, 9.17) is 9.47 Å². The molecule has 2 aromatic carbocycles. The lowest BCUT2D eigenvalue weighted by atomic mass is 10.00. The van der Waals surface area contributed by atoms with E-state index >= 15 is 0 Å². The standard InChI is InChI=1S/C18H21BrO2/c1-12(2)21-16-7-5-6-14(11-16)18(19)17-9-8-15(20-4)10-13(17)3/h5-12,18H,1-4H3. The van der Waals surface area contributed by atoms with Gasteiger partial charge in [0.25, 0.3) is 0 Å². The molecule has 112 valence electrons. The first-order valence-corrected chi connectivity index (χ1v) is 7.98. The zero-order valence-corrected chi connectivity index (χ0v) is 14.5. The molecule has 0 amide bonds. The lowest BCUT2D eigenvalue weighted by Crippen LogP contribution is -2.06. The van der Waals surface area contributed by atoms with E-state index in [2.05, 4.69) is 47.1 Å². The van der Waals surface area contributed by atoms with Gasteiger partial charge in [-0.25, -0.2) is 0 Å². The first-order valence-electron chi connectivity index (χ1n) is 7.06. The Morgan fingerprint density at radius 1 is 1.00 bits per heavy atom. The highest BCUT2D eigenvalue weighted by molar-refractivity contribution is 9.09. The number of benzene rings is 2. The minimum Gasteiger partial charge on any atom is -0.497 e. The molecule has 2 nitrogen and oxygen atoms in total. The monoisotopic (exact) mass is 348 g/mol. The van der Waals surface area contributed by atoms with Crippen molar-refractivity contribution in [3.05, 3.63) is 59.2 Å². The van der Waals surface area contributed by atoms with Crippen molar-refractivity contribution in [3.63, 3.8) is 0 Å². The Balaban J connectivity index is 2.29. The van der Waals surface area contributed by atoms with Crippen molar-refractivity contribution in [2.75, 3.05) is 7.11 Å². The van der Waals surface area contributed by atoms with Crippen molar-refractivity contribution in [3.8, 4) is 11.5 Å². The fourth-order valence-electron chi connectivity index (χ4n) is 2.26. The van der Waals surface area contributed by atoms with E-state index in [9.17, 15) is 0 Å². The number of alkyl halides is 1. The molecule has 0 bridgehead atoms. The number of ether oxygens (including phenoxy) is 2. The SMILES string of the molecule is COc1ccc(C(Br)c2cccc(OC(C)C)c2)c(C)c1. The van der Waals surface area contributed by atoms with Crippen molar-refractivity contribution in [1.29, 1.82) is 0 Å². The molecule has 0 aliphatic heterocycles. The molecule has 0 spiro atoms. The summed E-state index contributed by atoms with van der Waals surface area (Å²) in [5.41, 5.74) is 3.62. The van der Waals surface area contributed by atoms with Crippen LogP contribution in [0.15, 0.2) is 42.5 Å². The summed E-state index contributed by atoms with van der Waals surface area (Å²) in [6, 6.07) is 14.4. The molecular formula is C18H21BrO2. The van der Waals surface area contributed by atoms with Crippen molar-refractivity contribution < 1.29 is 9.47 Å². The van der Waals surface area contributed by atoms with Crippen LogP contribution in [0.4, 0.5) is 0 Å². The van der Waals surface area contributed by atoms with Crippen LogP contribution in [0.5, 0.6) is 11.5 Å². The van der Waals surface area contributed by atoms with Crippen LogP contribution in [0.3, 0.4) is 0 Å². The van der Waals surface area contributed by atoms with Gasteiger partial charge in [0.15, 0.2) is 0 Å². The smallest absolute Gasteiger partial charge is 0.120 e. The van der Waals surface area contributed by atoms with Crippen LogP contribution >= 0.6 is 15.9 Å². The van der Waals surface area contributed by atoms with Gasteiger partial charge >= 0.3 is 0 Å². The molecule has 1 atom stereocenters. The Bertz CT molecular complexity index is 608. The first kappa shape index (κ1) is 15.9. The third-order valence-electron chi connectivity index (χ3n) is 3.27. The second-order valence-corrected chi connectivity index (χ2v) is 6.24. The fourth-order valence-corrected chi connectivity index (χ4v) is 3.06. The quantitative estimate of drug-likeness (QED) is 0.684. The van der Waals surface area contributed by atoms with E-state index in [1.54, 1.807) is 7.11 Å². The zero-order valence-electron chi connectivity index (χ0n) is 12.9. The Hall–Kier alpha value is -1.48. The summed E-state index contributed by atoms with van der Waals surface area (Å²) in [5.74, 6) is 1.78. The van der Waals surface area contributed by atoms with Crippen LogP contribution in [-0.2, 0) is 0 Å². The van der Waals surface area contributed by atoms with Crippen molar-refractivity contribution in [1.82, 2.24) is 0 Å². The number of halogens is 1. The average Bonchev–Trinajstić information content (AvgIpc) is 2.46. The normalized spacial score (nSPS) is 12.3. The lowest BCUT2D eigenvalue weighted by Gasteiger charge is -2.16. The third-order valence-corrected chi connectivity index (χ3v) is 4.29. The van der Waals surface area contributed by atoms with Gasteiger partial charge in [-0.1, -0.05) is 34.1 Å². The summed E-state index contributed by atoms with van der Waals surface area (Å²) < 4.78 is 11.0. The number of aryl methyl sites for hydroxylation is 1. The highest BCUT2D eigenvalue weighted by atomic mass is 79.9. The van der Waals surface area contributed by atoms with E-state index < -0.39 is 0 Å². The van der Waals surface area contributed by atoms with Crippen LogP contribution in [0.25, 0.3) is 0 Å². The lowest BCUT2D eigenvalue weighted by molar-refractivity contribution is 0.242. The molecule has 21 heavy (non-hydrogen) atoms. The van der Waals surface area contributed by atoms with E-state index in [1.165, 1.54) is 16.7 Å². The molecule has 1 unspecified atom stereocenters. The van der Waals surface area contributed by atoms with Crippen molar-refractivity contribution in [2.24, 2.45) is 0 Å². The first-order chi connectivity index (χ1) is 10.0. The summed E-state index contributed by atoms with van der Waals surface area (Å²) in [6.45, 7) is 6.17. The Morgan fingerprint density at radius 3 is 2.38 bits per heavy atom. The molecule has 2 aromatic rings. The van der Waals surface area contributed by atoms with Crippen LogP contribution in [-0.4, -0.2) is 13.2 Å². The third kappa shape index (κ3) is 4.01. The van der Waals surface area contributed by atoms with E-state index in [-0.39, 0.29) is 10.9 Å². The fraction of sp³-hybridized carbons (Fsp3) is 0.333. The highest BCUT2D eigenvalue weighted by Gasteiger charge is 2.14. The maximum Gasteiger partial charge on any atom is 0.120 e. The van der Waals surface area contributed by atoms with Gasteiger partial charge in [-0.3, -0.25) is 0 Å². The minimum absolute atomic E-state index is 0.138. The molecule has 0 aromatic heterocycles. The summed E-state index contributed by atoms with van der Waals surface area (Å²) >= 11 is 3.80. The van der Waals surface area contributed by atoms with E-state index in [0.717, 1.165) is 11.5 Å². The van der Waals surface area contributed by atoms with Crippen LogP contribution in [0, 0.1) is 6.92 Å². The predicted octanol–water partition coefficient (Wildman–Crippen LogP) is 5.28. The second-order valence-electron chi connectivity index (χ2n) is 5.32. The molecule has 0 saturated heterocycles. The molecule has 0 heterocycles. The van der Waals surface area contributed by atoms with Crippen molar-refractivity contribution in [2.45, 2.75) is 31.7 Å². The van der Waals surface area contributed by atoms with Gasteiger partial charge < -0.3 is 9.47 Å². The predicted molar refractivity (Wildman–Crippen MR) is 90.7 cm³/mol. The molecule has 0 fully saturated rings. The van der Waals surface area contributed by atoms with Gasteiger partial charge in [-0.05, 0) is 61.7 Å². The van der Waals surface area contributed by atoms with Crippen LogP contribution < -0.4 is 9.47 Å². The van der Waals surface area contributed by atoms with Gasteiger partial charge in [0.05, 0.1) is 18.0 Å². The maximum absolute atomic E-state index is 5.77. The number of rotatable bonds is 5. The molecule has 3 heteroatoms. The van der Waals surface area contributed by atoms with E-state index in [1.807, 2.05) is 32.0 Å². The summed E-state index contributed by atoms with van der Waals surface area (Å²) in [4.78, 5) is 0.138. The van der Waals surface area contributed by atoms with Gasteiger partial charge in [-0.2, -0.15) is 0 Å². The Kier molecular flexibility index (Phi) is 5.29. The molecule has 0 saturated carbocycles. The molecule has 0 aliphatic rings. The molecule has 0 N–H and O–H groups in total. The largest absolute Gasteiger partial charge is 0.497 e. The average molecular weight is 349 g/mol. The van der Waals surface area contributed by atoms with Gasteiger partial charge in [0.1, 0.15) is 11.5 Å². The number of hydrogen-bond donors (Lipinski definition) is 0. The van der Waals surface area contributed by atoms with Crippen molar-refractivity contribution >= 4 is 15.9 Å². The van der Waals surface area contributed by atoms with Gasteiger partial charge in [0.2, 0.25) is 0 Å². The molecular weight excluding hydrogens is 328 g/mol. The number of hydrogen-bond acceptors (Lipinski definition) is 2. The van der Waals surface area contributed by atoms with Gasteiger partial charge in [0, 0.05) is 0 Å².